The second kappa shape index (κ2) is 7.30. The number of piperidine rings is 1. The molecule has 1 amide bonds. The number of amides is 1. The second-order valence-electron chi connectivity index (χ2n) is 8.22. The smallest absolute Gasteiger partial charge is 0.222 e. The first-order chi connectivity index (χ1) is 11.5. The van der Waals surface area contributed by atoms with Gasteiger partial charge in [0.25, 0.3) is 0 Å². The number of nitrogens with zero attached hydrogens (tertiary/aromatic N) is 2. The zero-order valence-corrected chi connectivity index (χ0v) is 15.5. The van der Waals surface area contributed by atoms with E-state index in [4.69, 9.17) is 4.42 Å². The van der Waals surface area contributed by atoms with E-state index in [-0.39, 0.29) is 0 Å². The molecule has 2 aliphatic rings. The highest BCUT2D eigenvalue weighted by Gasteiger charge is 2.38. The van der Waals surface area contributed by atoms with Crippen LogP contribution in [-0.2, 0) is 11.3 Å². The minimum atomic E-state index is 0.291. The summed E-state index contributed by atoms with van der Waals surface area (Å²) in [5.41, 5.74) is 0.549. The van der Waals surface area contributed by atoms with Gasteiger partial charge >= 0.3 is 0 Å². The highest BCUT2D eigenvalue weighted by Crippen LogP contribution is 2.47. The summed E-state index contributed by atoms with van der Waals surface area (Å²) < 4.78 is 5.72. The number of likely N-dealkylation sites (tertiary alicyclic amines) is 1. The van der Waals surface area contributed by atoms with Crippen molar-refractivity contribution in [3.8, 4) is 0 Å². The van der Waals surface area contributed by atoms with Gasteiger partial charge in [-0.1, -0.05) is 0 Å². The first-order valence-corrected chi connectivity index (χ1v) is 9.44. The Hall–Kier alpha value is -1.29. The van der Waals surface area contributed by atoms with Crippen LogP contribution in [0.3, 0.4) is 0 Å². The molecular formula is C20H32N2O2. The lowest BCUT2D eigenvalue weighted by Gasteiger charge is -2.46. The fourth-order valence-electron chi connectivity index (χ4n) is 4.40. The van der Waals surface area contributed by atoms with Gasteiger partial charge in [-0.2, -0.15) is 0 Å². The summed E-state index contributed by atoms with van der Waals surface area (Å²) in [5, 5.41) is 0. The van der Waals surface area contributed by atoms with E-state index in [0.717, 1.165) is 24.5 Å². The van der Waals surface area contributed by atoms with Crippen LogP contribution in [0.2, 0.25) is 0 Å². The Bertz CT molecular complexity index is 546. The van der Waals surface area contributed by atoms with Crippen molar-refractivity contribution in [1.82, 2.24) is 9.80 Å². The summed E-state index contributed by atoms with van der Waals surface area (Å²) in [6.07, 6.45) is 8.45. The van der Waals surface area contributed by atoms with Crippen molar-refractivity contribution in [2.75, 3.05) is 27.2 Å². The molecule has 1 saturated heterocycles. The predicted molar refractivity (Wildman–Crippen MR) is 95.7 cm³/mol. The molecule has 1 aliphatic carbocycles. The highest BCUT2D eigenvalue weighted by atomic mass is 16.3. The standard InChI is InChI=1S/C20H32N2O2/c1-16-4-5-18(24-16)15-22-12-10-20(11-13-22)8-6-17(7-9-20)14-19(23)21(2)3/h4-5,17H,6-15H2,1-3H3. The SMILES string of the molecule is Cc1ccc(CN2CCC3(CCC(CC(=O)N(C)C)CC3)CC2)o1. The van der Waals surface area contributed by atoms with E-state index in [0.29, 0.717) is 17.2 Å². The molecule has 1 saturated carbocycles. The predicted octanol–water partition coefficient (Wildman–Crippen LogP) is 3.84. The molecule has 0 N–H and O–H groups in total. The molecule has 3 rings (SSSR count). The van der Waals surface area contributed by atoms with Gasteiger partial charge in [0.2, 0.25) is 5.91 Å². The van der Waals surface area contributed by atoms with Gasteiger partial charge in [-0.05, 0) is 82.0 Å². The lowest BCUT2D eigenvalue weighted by molar-refractivity contribution is -0.130. The van der Waals surface area contributed by atoms with Gasteiger partial charge in [-0.15, -0.1) is 0 Å². The minimum Gasteiger partial charge on any atom is -0.465 e. The first kappa shape index (κ1) is 17.5. The van der Waals surface area contributed by atoms with E-state index in [9.17, 15) is 4.79 Å². The third kappa shape index (κ3) is 4.21. The average Bonchev–Trinajstić information content (AvgIpc) is 2.97. The Labute approximate surface area is 146 Å². The third-order valence-corrected chi connectivity index (χ3v) is 6.22. The second-order valence-corrected chi connectivity index (χ2v) is 8.22. The first-order valence-electron chi connectivity index (χ1n) is 9.44. The molecule has 24 heavy (non-hydrogen) atoms. The van der Waals surface area contributed by atoms with E-state index in [1.54, 1.807) is 4.90 Å². The monoisotopic (exact) mass is 332 g/mol. The Kier molecular flexibility index (Phi) is 5.33. The molecule has 1 aromatic rings. The van der Waals surface area contributed by atoms with Gasteiger partial charge in [0.15, 0.2) is 0 Å². The van der Waals surface area contributed by atoms with Gasteiger partial charge in [0, 0.05) is 20.5 Å². The molecule has 1 spiro atoms. The van der Waals surface area contributed by atoms with Crippen molar-refractivity contribution in [3.05, 3.63) is 23.7 Å². The normalized spacial score (nSPS) is 22.0. The number of carbonyl (C=O) groups is 1. The van der Waals surface area contributed by atoms with Gasteiger partial charge < -0.3 is 9.32 Å². The van der Waals surface area contributed by atoms with Crippen LogP contribution in [0.25, 0.3) is 0 Å². The summed E-state index contributed by atoms with van der Waals surface area (Å²) in [7, 11) is 3.73. The van der Waals surface area contributed by atoms with Crippen molar-refractivity contribution in [2.45, 2.75) is 58.4 Å². The van der Waals surface area contributed by atoms with E-state index in [2.05, 4.69) is 17.0 Å². The fourth-order valence-corrected chi connectivity index (χ4v) is 4.40. The van der Waals surface area contributed by atoms with Gasteiger partial charge in [-0.25, -0.2) is 0 Å². The lowest BCUT2D eigenvalue weighted by atomic mass is 9.65. The zero-order valence-electron chi connectivity index (χ0n) is 15.5. The van der Waals surface area contributed by atoms with Gasteiger partial charge in [0.1, 0.15) is 11.5 Å². The summed E-state index contributed by atoms with van der Waals surface area (Å²) in [5.74, 6) is 2.99. The molecule has 1 aromatic heterocycles. The topological polar surface area (TPSA) is 36.7 Å². The van der Waals surface area contributed by atoms with Crippen LogP contribution in [0.15, 0.2) is 16.5 Å². The molecule has 2 heterocycles. The van der Waals surface area contributed by atoms with E-state index >= 15 is 0 Å². The number of carbonyl (C=O) groups excluding carboxylic acids is 1. The van der Waals surface area contributed by atoms with Gasteiger partial charge in [-0.3, -0.25) is 9.69 Å². The molecule has 4 heteroatoms. The van der Waals surface area contributed by atoms with E-state index < -0.39 is 0 Å². The van der Waals surface area contributed by atoms with Gasteiger partial charge in [0.05, 0.1) is 6.54 Å². The maximum absolute atomic E-state index is 11.9. The zero-order chi connectivity index (χ0) is 17.2. The molecule has 0 bridgehead atoms. The van der Waals surface area contributed by atoms with Crippen molar-refractivity contribution >= 4 is 5.91 Å². The molecule has 0 atom stereocenters. The Morgan fingerprint density at radius 2 is 1.88 bits per heavy atom. The molecule has 2 fully saturated rings. The van der Waals surface area contributed by atoms with Crippen LogP contribution in [-0.4, -0.2) is 42.9 Å². The molecule has 0 radical (unpaired) electrons. The molecule has 4 nitrogen and oxygen atoms in total. The maximum Gasteiger partial charge on any atom is 0.222 e. The molecule has 0 aromatic carbocycles. The highest BCUT2D eigenvalue weighted by molar-refractivity contribution is 5.75. The van der Waals surface area contributed by atoms with Crippen LogP contribution in [0.1, 0.15) is 56.5 Å². The van der Waals surface area contributed by atoms with E-state index in [1.807, 2.05) is 21.0 Å². The summed E-state index contributed by atoms with van der Waals surface area (Å²) in [4.78, 5) is 16.2. The third-order valence-electron chi connectivity index (χ3n) is 6.22. The average molecular weight is 332 g/mol. The van der Waals surface area contributed by atoms with Crippen molar-refractivity contribution < 1.29 is 9.21 Å². The van der Waals surface area contributed by atoms with Crippen molar-refractivity contribution in [2.24, 2.45) is 11.3 Å². The molecule has 1 aliphatic heterocycles. The van der Waals surface area contributed by atoms with E-state index in [1.165, 1.54) is 51.6 Å². The Morgan fingerprint density at radius 3 is 2.42 bits per heavy atom. The maximum atomic E-state index is 11.9. The van der Waals surface area contributed by atoms with Crippen molar-refractivity contribution in [3.63, 3.8) is 0 Å². The van der Waals surface area contributed by atoms with Crippen molar-refractivity contribution in [1.29, 1.82) is 0 Å². The lowest BCUT2D eigenvalue weighted by Crippen LogP contribution is -2.41. The Balaban J connectivity index is 1.44. The number of hydrogen-bond donors (Lipinski definition) is 0. The molecule has 134 valence electrons. The fraction of sp³-hybridized carbons (Fsp3) is 0.750. The number of aryl methyl sites for hydroxylation is 1. The largest absolute Gasteiger partial charge is 0.465 e. The summed E-state index contributed by atoms with van der Waals surface area (Å²) in [6, 6.07) is 4.16. The van der Waals surface area contributed by atoms with Crippen LogP contribution in [0, 0.1) is 18.3 Å². The summed E-state index contributed by atoms with van der Waals surface area (Å²) in [6.45, 7) is 5.32. The number of furan rings is 1. The Morgan fingerprint density at radius 1 is 1.21 bits per heavy atom. The van der Waals surface area contributed by atoms with Crippen LogP contribution < -0.4 is 0 Å². The van der Waals surface area contributed by atoms with Crippen LogP contribution >= 0.6 is 0 Å². The van der Waals surface area contributed by atoms with Crippen LogP contribution in [0.5, 0.6) is 0 Å². The quantitative estimate of drug-likeness (QED) is 0.840. The number of hydrogen-bond acceptors (Lipinski definition) is 3. The van der Waals surface area contributed by atoms with Crippen LogP contribution in [0.4, 0.5) is 0 Å². The minimum absolute atomic E-state index is 0.291. The number of rotatable bonds is 4. The molecular weight excluding hydrogens is 300 g/mol. The summed E-state index contributed by atoms with van der Waals surface area (Å²) >= 11 is 0. The molecule has 0 unspecified atom stereocenters.